The van der Waals surface area contributed by atoms with Crippen molar-refractivity contribution in [3.05, 3.63) is 11.4 Å². The molecule has 0 amide bonds. The van der Waals surface area contributed by atoms with Crippen molar-refractivity contribution in [1.82, 2.24) is 15.0 Å². The molecule has 0 saturated carbocycles. The topological polar surface area (TPSA) is 66.0 Å². The number of aryl methyl sites for hydroxylation is 1. The van der Waals surface area contributed by atoms with Gasteiger partial charge in [-0.15, -0.1) is 5.10 Å². The van der Waals surface area contributed by atoms with E-state index in [2.05, 4.69) is 28.8 Å². The molecule has 0 spiro atoms. The van der Waals surface area contributed by atoms with Gasteiger partial charge in [0, 0.05) is 32.1 Å². The van der Waals surface area contributed by atoms with E-state index in [9.17, 15) is 0 Å². The zero-order valence-electron chi connectivity index (χ0n) is 12.1. The smallest absolute Gasteiger partial charge is 0.0874 e. The van der Waals surface area contributed by atoms with Gasteiger partial charge in [0.05, 0.1) is 11.4 Å². The Balaban J connectivity index is 2.16. The van der Waals surface area contributed by atoms with Crippen LogP contribution in [-0.4, -0.2) is 34.8 Å². The number of nitrogens with two attached hydrogens (primary N) is 1. The molecule has 0 unspecified atom stereocenters. The maximum atomic E-state index is 5.69. The van der Waals surface area contributed by atoms with Crippen molar-refractivity contribution in [3.8, 4) is 0 Å². The molecule has 5 nitrogen and oxygen atoms in total. The van der Waals surface area contributed by atoms with Gasteiger partial charge in [0.2, 0.25) is 0 Å². The monoisotopic (exact) mass is 266 g/mol. The summed E-state index contributed by atoms with van der Waals surface area (Å²) >= 11 is 0. The first-order valence-corrected chi connectivity index (χ1v) is 7.42. The Bertz CT molecular complexity index is 383. The van der Waals surface area contributed by atoms with E-state index < -0.39 is 0 Å². The summed E-state index contributed by atoms with van der Waals surface area (Å²) in [7, 11) is 0. The highest BCUT2D eigenvalue weighted by atomic mass is 16.5. The van der Waals surface area contributed by atoms with E-state index in [0.717, 1.165) is 51.1 Å². The zero-order valence-corrected chi connectivity index (χ0v) is 12.1. The second-order valence-corrected chi connectivity index (χ2v) is 5.75. The molecule has 1 aromatic rings. The molecule has 1 fully saturated rings. The van der Waals surface area contributed by atoms with Gasteiger partial charge in [0.1, 0.15) is 0 Å². The van der Waals surface area contributed by atoms with Gasteiger partial charge in [-0.3, -0.25) is 0 Å². The number of hydrogen-bond acceptors (Lipinski definition) is 4. The summed E-state index contributed by atoms with van der Waals surface area (Å²) in [5.74, 6) is 1.22. The Labute approximate surface area is 115 Å². The summed E-state index contributed by atoms with van der Waals surface area (Å²) in [4.78, 5) is 0. The minimum atomic E-state index is 0.539. The number of hydrogen-bond donors (Lipinski definition) is 1. The van der Waals surface area contributed by atoms with Crippen LogP contribution in [0.4, 0.5) is 0 Å². The van der Waals surface area contributed by atoms with Crippen molar-refractivity contribution in [2.75, 3.05) is 19.8 Å². The molecule has 2 rings (SSSR count). The van der Waals surface area contributed by atoms with Gasteiger partial charge < -0.3 is 10.5 Å². The van der Waals surface area contributed by atoms with Gasteiger partial charge in [-0.1, -0.05) is 19.1 Å². The highest BCUT2D eigenvalue weighted by Crippen LogP contribution is 2.29. The molecule has 0 bridgehead atoms. The number of nitrogens with zero attached hydrogens (tertiary/aromatic N) is 3. The van der Waals surface area contributed by atoms with E-state index in [4.69, 9.17) is 10.5 Å². The van der Waals surface area contributed by atoms with Gasteiger partial charge in [0.25, 0.3) is 0 Å². The Morgan fingerprint density at radius 2 is 2.11 bits per heavy atom. The predicted molar refractivity (Wildman–Crippen MR) is 75.0 cm³/mol. The summed E-state index contributed by atoms with van der Waals surface area (Å²) in [6, 6.07) is 0. The van der Waals surface area contributed by atoms with Gasteiger partial charge >= 0.3 is 0 Å². The predicted octanol–water partition coefficient (Wildman–Crippen LogP) is 1.72. The third kappa shape index (κ3) is 3.76. The van der Waals surface area contributed by atoms with E-state index >= 15 is 0 Å². The van der Waals surface area contributed by atoms with Crippen LogP contribution in [0.25, 0.3) is 0 Å². The third-order valence-corrected chi connectivity index (χ3v) is 3.75. The SMILES string of the molecule is CC(C)CCn1nnc(CCN)c1C1CCOCC1. The second-order valence-electron chi connectivity index (χ2n) is 5.75. The largest absolute Gasteiger partial charge is 0.381 e. The van der Waals surface area contributed by atoms with Crippen LogP contribution in [-0.2, 0) is 17.7 Å². The van der Waals surface area contributed by atoms with Crippen LogP contribution in [0.5, 0.6) is 0 Å². The van der Waals surface area contributed by atoms with Crippen LogP contribution in [0.1, 0.15) is 50.4 Å². The lowest BCUT2D eigenvalue weighted by molar-refractivity contribution is 0.0832. The maximum absolute atomic E-state index is 5.69. The average molecular weight is 266 g/mol. The fraction of sp³-hybridized carbons (Fsp3) is 0.857. The summed E-state index contributed by atoms with van der Waals surface area (Å²) in [5, 5.41) is 8.70. The van der Waals surface area contributed by atoms with Gasteiger partial charge in [-0.2, -0.15) is 0 Å². The highest BCUT2D eigenvalue weighted by molar-refractivity contribution is 5.17. The summed E-state index contributed by atoms with van der Waals surface area (Å²) < 4.78 is 7.57. The lowest BCUT2D eigenvalue weighted by atomic mass is 9.94. The lowest BCUT2D eigenvalue weighted by Crippen LogP contribution is -2.20. The van der Waals surface area contributed by atoms with Crippen LogP contribution in [0.2, 0.25) is 0 Å². The standard InChI is InChI=1S/C14H26N4O/c1-11(2)4-8-18-14(12-5-9-19-10-6-12)13(3-7-15)16-17-18/h11-12H,3-10,15H2,1-2H3. The molecule has 108 valence electrons. The molecule has 0 aromatic carbocycles. The molecular weight excluding hydrogens is 240 g/mol. The summed E-state index contributed by atoms with van der Waals surface area (Å²) in [6.07, 6.45) is 4.12. The Kier molecular flexibility index (Phi) is 5.34. The Morgan fingerprint density at radius 1 is 1.37 bits per heavy atom. The Hall–Kier alpha value is -0.940. The zero-order chi connectivity index (χ0) is 13.7. The van der Waals surface area contributed by atoms with E-state index in [1.165, 1.54) is 5.69 Å². The Morgan fingerprint density at radius 3 is 2.74 bits per heavy atom. The summed E-state index contributed by atoms with van der Waals surface area (Å²) in [5.41, 5.74) is 8.10. The molecule has 0 aliphatic carbocycles. The van der Waals surface area contributed by atoms with Gasteiger partial charge in [0.15, 0.2) is 0 Å². The van der Waals surface area contributed by atoms with Crippen LogP contribution in [0.3, 0.4) is 0 Å². The van der Waals surface area contributed by atoms with Crippen LogP contribution in [0.15, 0.2) is 0 Å². The van der Waals surface area contributed by atoms with E-state index in [0.29, 0.717) is 18.4 Å². The minimum Gasteiger partial charge on any atom is -0.381 e. The summed E-state index contributed by atoms with van der Waals surface area (Å²) in [6.45, 7) is 7.78. The third-order valence-electron chi connectivity index (χ3n) is 3.75. The fourth-order valence-corrected chi connectivity index (χ4v) is 2.63. The molecule has 0 radical (unpaired) electrons. The van der Waals surface area contributed by atoms with E-state index in [1.807, 2.05) is 0 Å². The molecule has 2 N–H and O–H groups in total. The molecule has 1 aliphatic rings. The van der Waals surface area contributed by atoms with Gasteiger partial charge in [-0.05, 0) is 31.7 Å². The van der Waals surface area contributed by atoms with Crippen LogP contribution < -0.4 is 5.73 Å². The number of rotatable bonds is 6. The minimum absolute atomic E-state index is 0.539. The van der Waals surface area contributed by atoms with Crippen molar-refractivity contribution in [3.63, 3.8) is 0 Å². The first-order chi connectivity index (χ1) is 9.22. The molecular formula is C14H26N4O. The maximum Gasteiger partial charge on any atom is 0.0874 e. The molecule has 1 saturated heterocycles. The first-order valence-electron chi connectivity index (χ1n) is 7.42. The molecule has 2 heterocycles. The average Bonchev–Trinajstić information content (AvgIpc) is 2.81. The number of ether oxygens (including phenoxy) is 1. The van der Waals surface area contributed by atoms with E-state index in [-0.39, 0.29) is 0 Å². The second kappa shape index (κ2) is 7.01. The molecule has 19 heavy (non-hydrogen) atoms. The van der Waals surface area contributed by atoms with Crippen LogP contribution in [0, 0.1) is 5.92 Å². The molecule has 0 atom stereocenters. The highest BCUT2D eigenvalue weighted by Gasteiger charge is 2.24. The molecule has 1 aromatic heterocycles. The molecule has 5 heteroatoms. The van der Waals surface area contributed by atoms with Gasteiger partial charge in [-0.25, -0.2) is 4.68 Å². The van der Waals surface area contributed by atoms with E-state index in [1.54, 1.807) is 0 Å². The fourth-order valence-electron chi connectivity index (χ4n) is 2.63. The van der Waals surface area contributed by atoms with Crippen molar-refractivity contribution >= 4 is 0 Å². The van der Waals surface area contributed by atoms with Crippen molar-refractivity contribution < 1.29 is 4.74 Å². The normalized spacial score (nSPS) is 17.3. The number of aromatic nitrogens is 3. The first kappa shape index (κ1) is 14.5. The van der Waals surface area contributed by atoms with Crippen molar-refractivity contribution in [2.24, 2.45) is 11.7 Å². The van der Waals surface area contributed by atoms with Crippen molar-refractivity contribution in [2.45, 2.75) is 52.0 Å². The quantitative estimate of drug-likeness (QED) is 0.851. The molecule has 1 aliphatic heterocycles. The lowest BCUT2D eigenvalue weighted by Gasteiger charge is -2.23. The van der Waals surface area contributed by atoms with Crippen LogP contribution >= 0.6 is 0 Å². The van der Waals surface area contributed by atoms with Crippen molar-refractivity contribution in [1.29, 1.82) is 0 Å².